The molecular weight excluding hydrogens is 418 g/mol. The highest BCUT2D eigenvalue weighted by Gasteiger charge is 2.18. The molecule has 4 aromatic carbocycles. The summed E-state index contributed by atoms with van der Waals surface area (Å²) in [7, 11) is 0. The first-order chi connectivity index (χ1) is 16.7. The van der Waals surface area contributed by atoms with Crippen LogP contribution in [0, 0.1) is 11.3 Å². The maximum Gasteiger partial charge on any atom is 0.344 e. The largest absolute Gasteiger partial charge is 0.422 e. The van der Waals surface area contributed by atoms with E-state index in [1.807, 2.05) is 78.9 Å². The Morgan fingerprint density at radius 3 is 2.09 bits per heavy atom. The maximum atomic E-state index is 13.6. The van der Waals surface area contributed by atoms with Crippen molar-refractivity contribution in [1.82, 2.24) is 0 Å². The van der Waals surface area contributed by atoms with Crippen molar-refractivity contribution in [2.75, 3.05) is 0 Å². The Morgan fingerprint density at radius 1 is 0.794 bits per heavy atom. The molecule has 0 atom stereocenters. The Morgan fingerprint density at radius 2 is 1.44 bits per heavy atom. The van der Waals surface area contributed by atoms with Gasteiger partial charge in [-0.15, -0.1) is 0 Å². The van der Waals surface area contributed by atoms with E-state index in [0.29, 0.717) is 16.9 Å². The number of benzene rings is 4. The number of hydrogen-bond acceptors (Lipinski definition) is 3. The quantitative estimate of drug-likeness (QED) is 0.158. The molecule has 0 saturated heterocycles. The van der Waals surface area contributed by atoms with Gasteiger partial charge in [-0.3, -0.25) is 0 Å². The van der Waals surface area contributed by atoms with E-state index in [2.05, 4.69) is 19.1 Å². The van der Waals surface area contributed by atoms with Crippen LogP contribution in [0.25, 0.3) is 22.3 Å². The van der Waals surface area contributed by atoms with Crippen molar-refractivity contribution in [3.8, 4) is 34.1 Å². The summed E-state index contributed by atoms with van der Waals surface area (Å²) in [6.45, 7) is 2.18. The van der Waals surface area contributed by atoms with E-state index >= 15 is 0 Å². The molecule has 0 aromatic heterocycles. The summed E-state index contributed by atoms with van der Waals surface area (Å²) in [5.41, 5.74) is 5.58. The molecule has 0 aliphatic heterocycles. The lowest BCUT2D eigenvalue weighted by Gasteiger charge is -2.14. The van der Waals surface area contributed by atoms with Crippen molar-refractivity contribution in [1.29, 1.82) is 5.26 Å². The second-order valence-corrected chi connectivity index (χ2v) is 8.28. The lowest BCUT2D eigenvalue weighted by Crippen LogP contribution is -2.11. The van der Waals surface area contributed by atoms with Crippen LogP contribution in [0.5, 0.6) is 5.75 Å². The van der Waals surface area contributed by atoms with E-state index in [1.54, 1.807) is 12.1 Å². The molecule has 0 N–H and O–H groups in total. The number of hydrogen-bond donors (Lipinski definition) is 0. The lowest BCUT2D eigenvalue weighted by atomic mass is 9.95. The van der Waals surface area contributed by atoms with Gasteiger partial charge in [0.1, 0.15) is 5.75 Å². The zero-order valence-electron chi connectivity index (χ0n) is 19.3. The van der Waals surface area contributed by atoms with Crippen LogP contribution < -0.4 is 4.74 Å². The number of nitriles is 1. The number of rotatable bonds is 8. The van der Waals surface area contributed by atoms with Gasteiger partial charge >= 0.3 is 5.97 Å². The highest BCUT2D eigenvalue weighted by atomic mass is 16.5. The minimum absolute atomic E-state index is 0.380. The molecular formula is C31H27NO2. The zero-order valence-corrected chi connectivity index (χ0v) is 19.3. The van der Waals surface area contributed by atoms with Crippen LogP contribution in [0.2, 0.25) is 0 Å². The van der Waals surface area contributed by atoms with Crippen LogP contribution in [0.3, 0.4) is 0 Å². The van der Waals surface area contributed by atoms with E-state index in [1.165, 1.54) is 0 Å². The molecule has 0 fully saturated rings. The first-order valence-electron chi connectivity index (χ1n) is 11.7. The highest BCUT2D eigenvalue weighted by Crippen LogP contribution is 2.33. The molecule has 0 amide bonds. The number of ether oxygens (including phenoxy) is 1. The molecule has 0 unspecified atom stereocenters. The van der Waals surface area contributed by atoms with Crippen molar-refractivity contribution in [2.24, 2.45) is 0 Å². The van der Waals surface area contributed by atoms with Gasteiger partial charge < -0.3 is 4.74 Å². The predicted molar refractivity (Wildman–Crippen MR) is 137 cm³/mol. The fourth-order valence-electron chi connectivity index (χ4n) is 4.05. The van der Waals surface area contributed by atoms with Gasteiger partial charge in [0.25, 0.3) is 0 Å². The molecule has 0 heterocycles. The van der Waals surface area contributed by atoms with Crippen LogP contribution in [-0.4, -0.2) is 5.97 Å². The average molecular weight is 446 g/mol. The standard InChI is InChI=1S/C31H27NO2/c1-2-3-6-11-23-16-18-27(25-12-7-4-8-13-25)29(20-23)31(33)34-30-21-24(22-32)17-19-28(30)26-14-9-5-10-15-26/h4-5,7-10,12-21H,2-3,6,11H2,1H3. The summed E-state index contributed by atoms with van der Waals surface area (Å²) in [6, 6.07) is 33.0. The Labute approximate surface area is 201 Å². The second kappa shape index (κ2) is 11.1. The summed E-state index contributed by atoms with van der Waals surface area (Å²) in [5, 5.41) is 9.42. The smallest absolute Gasteiger partial charge is 0.344 e. The van der Waals surface area contributed by atoms with Crippen LogP contribution in [-0.2, 0) is 6.42 Å². The molecule has 4 aromatic rings. The third-order valence-electron chi connectivity index (χ3n) is 5.86. The second-order valence-electron chi connectivity index (χ2n) is 8.28. The number of carbonyl (C=O) groups excluding carboxylic acids is 1. The maximum absolute atomic E-state index is 13.6. The van der Waals surface area contributed by atoms with Crippen LogP contribution in [0.1, 0.15) is 47.7 Å². The van der Waals surface area contributed by atoms with Gasteiger partial charge in [-0.25, -0.2) is 4.79 Å². The fraction of sp³-hybridized carbons (Fsp3) is 0.161. The summed E-state index contributed by atoms with van der Waals surface area (Å²) >= 11 is 0. The van der Waals surface area contributed by atoms with E-state index in [4.69, 9.17) is 4.74 Å². The number of carbonyl (C=O) groups is 1. The summed E-state index contributed by atoms with van der Waals surface area (Å²) in [5.74, 6) is -0.0471. The van der Waals surface area contributed by atoms with Crippen molar-refractivity contribution < 1.29 is 9.53 Å². The van der Waals surface area contributed by atoms with Gasteiger partial charge in [0.05, 0.1) is 17.2 Å². The van der Waals surface area contributed by atoms with Crippen molar-refractivity contribution in [3.05, 3.63) is 114 Å². The van der Waals surface area contributed by atoms with Crippen molar-refractivity contribution >= 4 is 5.97 Å². The van der Waals surface area contributed by atoms with Gasteiger partial charge in [0.2, 0.25) is 0 Å². The molecule has 0 saturated carbocycles. The SMILES string of the molecule is CCCCCc1ccc(-c2ccccc2)c(C(=O)Oc2cc(C#N)ccc2-c2ccccc2)c1. The van der Waals surface area contributed by atoms with Gasteiger partial charge in [-0.1, -0.05) is 92.6 Å². The minimum atomic E-state index is -0.427. The average Bonchev–Trinajstić information content (AvgIpc) is 2.89. The first kappa shape index (κ1) is 23.0. The van der Waals surface area contributed by atoms with E-state index in [0.717, 1.165) is 53.5 Å². The molecule has 0 aliphatic carbocycles. The van der Waals surface area contributed by atoms with Crippen LogP contribution in [0.15, 0.2) is 97.1 Å². The number of esters is 1. The zero-order chi connectivity index (χ0) is 23.8. The number of aryl methyl sites for hydroxylation is 1. The fourth-order valence-corrected chi connectivity index (χ4v) is 4.05. The lowest BCUT2D eigenvalue weighted by molar-refractivity contribution is 0.0736. The van der Waals surface area contributed by atoms with Crippen molar-refractivity contribution in [2.45, 2.75) is 32.6 Å². The topological polar surface area (TPSA) is 50.1 Å². The first-order valence-corrected chi connectivity index (χ1v) is 11.7. The minimum Gasteiger partial charge on any atom is -0.422 e. The number of nitrogens with zero attached hydrogens (tertiary/aromatic N) is 1. The molecule has 4 rings (SSSR count). The molecule has 3 heteroatoms. The van der Waals surface area contributed by atoms with E-state index in [-0.39, 0.29) is 0 Å². The monoisotopic (exact) mass is 445 g/mol. The Hall–Kier alpha value is -4.16. The Balaban J connectivity index is 1.74. The van der Waals surface area contributed by atoms with Crippen LogP contribution in [0.4, 0.5) is 0 Å². The molecule has 0 aliphatic rings. The van der Waals surface area contributed by atoms with Gasteiger partial charge in [-0.2, -0.15) is 5.26 Å². The summed E-state index contributed by atoms with van der Waals surface area (Å²) in [4.78, 5) is 13.6. The molecule has 0 radical (unpaired) electrons. The Bertz CT molecular complexity index is 1300. The van der Waals surface area contributed by atoms with Crippen molar-refractivity contribution in [3.63, 3.8) is 0 Å². The van der Waals surface area contributed by atoms with Crippen LogP contribution >= 0.6 is 0 Å². The van der Waals surface area contributed by atoms with E-state index in [9.17, 15) is 10.1 Å². The molecule has 0 bridgehead atoms. The molecule has 34 heavy (non-hydrogen) atoms. The third kappa shape index (κ3) is 5.42. The van der Waals surface area contributed by atoms with Gasteiger partial charge in [0.15, 0.2) is 0 Å². The van der Waals surface area contributed by atoms with Gasteiger partial charge in [-0.05, 0) is 59.4 Å². The summed E-state index contributed by atoms with van der Waals surface area (Å²) < 4.78 is 5.98. The normalized spacial score (nSPS) is 10.5. The predicted octanol–water partition coefficient (Wildman–Crippen LogP) is 7.84. The number of unbranched alkanes of at least 4 members (excludes halogenated alkanes) is 2. The molecule has 0 spiro atoms. The molecule has 168 valence electrons. The van der Waals surface area contributed by atoms with Gasteiger partial charge in [0, 0.05) is 5.56 Å². The highest BCUT2D eigenvalue weighted by molar-refractivity contribution is 5.99. The molecule has 3 nitrogen and oxygen atoms in total. The Kier molecular flexibility index (Phi) is 7.53. The third-order valence-corrected chi connectivity index (χ3v) is 5.86. The van der Waals surface area contributed by atoms with E-state index < -0.39 is 5.97 Å². The summed E-state index contributed by atoms with van der Waals surface area (Å²) in [6.07, 6.45) is 4.30.